The number of nitrogens with one attached hydrogen (secondary N) is 2. The first kappa shape index (κ1) is 20.4. The van der Waals surface area contributed by atoms with E-state index in [9.17, 15) is 4.79 Å². The van der Waals surface area contributed by atoms with Crippen molar-refractivity contribution in [2.24, 2.45) is 0 Å². The van der Waals surface area contributed by atoms with Gasteiger partial charge in [0.05, 0.1) is 30.8 Å². The summed E-state index contributed by atoms with van der Waals surface area (Å²) in [6.07, 6.45) is 2.79. The highest BCUT2D eigenvalue weighted by molar-refractivity contribution is 5.97. The highest BCUT2D eigenvalue weighted by Crippen LogP contribution is 2.20. The molecule has 1 unspecified atom stereocenters. The van der Waals surface area contributed by atoms with Gasteiger partial charge in [0, 0.05) is 39.8 Å². The molecule has 2 N–H and O–H groups in total. The van der Waals surface area contributed by atoms with Crippen LogP contribution in [-0.4, -0.2) is 89.4 Å². The van der Waals surface area contributed by atoms with Gasteiger partial charge >= 0.3 is 0 Å². The summed E-state index contributed by atoms with van der Waals surface area (Å²) in [5.41, 5.74) is 0.976. The molecule has 0 saturated carbocycles. The quantitative estimate of drug-likeness (QED) is 0.702. The number of amides is 1. The van der Waals surface area contributed by atoms with Gasteiger partial charge in [-0.2, -0.15) is 5.26 Å². The van der Waals surface area contributed by atoms with E-state index in [0.29, 0.717) is 30.5 Å². The summed E-state index contributed by atoms with van der Waals surface area (Å²) in [5, 5.41) is 23.2. The number of nitriles is 1. The fourth-order valence-electron chi connectivity index (χ4n) is 2.75. The number of aromatic nitrogens is 4. The predicted octanol–water partition coefficient (Wildman–Crippen LogP) is 0.326. The molecule has 0 spiro atoms. The molecule has 3 rings (SSSR count). The summed E-state index contributed by atoms with van der Waals surface area (Å²) in [6, 6.07) is 3.60. The summed E-state index contributed by atoms with van der Waals surface area (Å²) >= 11 is 0. The first-order valence-electron chi connectivity index (χ1n) is 9.09. The molecule has 2 aromatic heterocycles. The first-order valence-corrected chi connectivity index (χ1v) is 9.09. The Bertz CT molecular complexity index is 895. The Balaban J connectivity index is 1.78. The number of likely N-dealkylation sites (N-methyl/N-ethyl adjacent to an activating group) is 1. The van der Waals surface area contributed by atoms with Gasteiger partial charge in [-0.25, -0.2) is 9.97 Å². The molecule has 11 nitrogen and oxygen atoms in total. The van der Waals surface area contributed by atoms with Crippen LogP contribution in [0.4, 0.5) is 17.3 Å². The van der Waals surface area contributed by atoms with Crippen LogP contribution in [-0.2, 0) is 4.74 Å². The van der Waals surface area contributed by atoms with Crippen LogP contribution in [0.15, 0.2) is 18.5 Å². The van der Waals surface area contributed by atoms with Crippen LogP contribution in [0.3, 0.4) is 0 Å². The van der Waals surface area contributed by atoms with Crippen molar-refractivity contribution < 1.29 is 9.53 Å². The summed E-state index contributed by atoms with van der Waals surface area (Å²) < 4.78 is 5.77. The van der Waals surface area contributed by atoms with Crippen molar-refractivity contribution in [3.8, 4) is 6.07 Å². The van der Waals surface area contributed by atoms with E-state index >= 15 is 0 Å². The minimum atomic E-state index is -0.258. The Morgan fingerprint density at radius 3 is 2.83 bits per heavy atom. The third kappa shape index (κ3) is 5.34. The summed E-state index contributed by atoms with van der Waals surface area (Å²) in [7, 11) is 5.36. The van der Waals surface area contributed by atoms with Crippen molar-refractivity contribution in [1.82, 2.24) is 30.0 Å². The van der Waals surface area contributed by atoms with E-state index in [1.54, 1.807) is 20.2 Å². The highest BCUT2D eigenvalue weighted by atomic mass is 16.5. The second-order valence-corrected chi connectivity index (χ2v) is 6.85. The van der Waals surface area contributed by atoms with E-state index in [0.717, 1.165) is 13.1 Å². The Morgan fingerprint density at radius 1 is 1.34 bits per heavy atom. The molecule has 1 aliphatic heterocycles. The molecule has 1 aliphatic rings. The molecule has 1 fully saturated rings. The highest BCUT2D eigenvalue weighted by Gasteiger charge is 2.21. The average Bonchev–Trinajstić information content (AvgIpc) is 2.72. The second-order valence-electron chi connectivity index (χ2n) is 6.85. The molecule has 2 aromatic rings. The maximum Gasteiger partial charge on any atom is 0.276 e. The van der Waals surface area contributed by atoms with Crippen molar-refractivity contribution in [1.29, 1.82) is 5.26 Å². The van der Waals surface area contributed by atoms with Crippen molar-refractivity contribution in [3.05, 3.63) is 29.8 Å². The molecule has 0 aliphatic carbocycles. The Morgan fingerprint density at radius 2 is 2.17 bits per heavy atom. The lowest BCUT2D eigenvalue weighted by Gasteiger charge is -2.30. The van der Waals surface area contributed by atoms with Crippen molar-refractivity contribution in [2.75, 3.05) is 58.0 Å². The number of hydrogen-bond acceptors (Lipinski definition) is 10. The number of anilines is 3. The third-order valence-electron chi connectivity index (χ3n) is 4.29. The van der Waals surface area contributed by atoms with Crippen LogP contribution in [0.2, 0.25) is 0 Å². The minimum absolute atomic E-state index is 0.00465. The Kier molecular flexibility index (Phi) is 6.48. The topological polar surface area (TPSA) is 132 Å². The van der Waals surface area contributed by atoms with Gasteiger partial charge in [-0.15, -0.1) is 10.2 Å². The van der Waals surface area contributed by atoms with Crippen molar-refractivity contribution >= 4 is 23.2 Å². The summed E-state index contributed by atoms with van der Waals surface area (Å²) in [5.74, 6) is 0.545. The van der Waals surface area contributed by atoms with Crippen LogP contribution in [0.1, 0.15) is 16.2 Å². The molecule has 3 heterocycles. The Hall–Kier alpha value is -3.36. The zero-order chi connectivity index (χ0) is 20.8. The van der Waals surface area contributed by atoms with Crippen LogP contribution < -0.4 is 10.6 Å². The fourth-order valence-corrected chi connectivity index (χ4v) is 2.75. The number of rotatable bonds is 6. The number of carbonyl (C=O) groups excluding carboxylic acids is 1. The standard InChI is InChI=1S/C18H23N9O2/c1-26(2)18(28)17-14(21-9-13-11-27(3)4-5-29-13)6-15(24-25-17)23-16-10-20-12(7-19)8-22-16/h6,8,10,13H,4-5,9,11H2,1-3H3,(H2,21,22,23,24). The van der Waals surface area contributed by atoms with Gasteiger partial charge < -0.3 is 25.2 Å². The van der Waals surface area contributed by atoms with Crippen molar-refractivity contribution in [3.63, 3.8) is 0 Å². The van der Waals surface area contributed by atoms with Gasteiger partial charge in [-0.05, 0) is 7.05 Å². The maximum absolute atomic E-state index is 12.5. The van der Waals surface area contributed by atoms with Gasteiger partial charge in [0.2, 0.25) is 0 Å². The van der Waals surface area contributed by atoms with Crippen molar-refractivity contribution in [2.45, 2.75) is 6.10 Å². The molecular formula is C18H23N9O2. The van der Waals surface area contributed by atoms with Crippen LogP contribution in [0.25, 0.3) is 0 Å². The molecule has 1 amide bonds. The number of ether oxygens (including phenoxy) is 1. The molecule has 0 aromatic carbocycles. The predicted molar refractivity (Wildman–Crippen MR) is 106 cm³/mol. The average molecular weight is 397 g/mol. The molecule has 0 bridgehead atoms. The smallest absolute Gasteiger partial charge is 0.276 e. The van der Waals surface area contributed by atoms with Crippen LogP contribution in [0.5, 0.6) is 0 Å². The van der Waals surface area contributed by atoms with Gasteiger partial charge in [0.15, 0.2) is 17.2 Å². The molecule has 11 heteroatoms. The molecule has 1 atom stereocenters. The largest absolute Gasteiger partial charge is 0.380 e. The summed E-state index contributed by atoms with van der Waals surface area (Å²) in [4.78, 5) is 24.2. The number of morpholine rings is 1. The third-order valence-corrected chi connectivity index (χ3v) is 4.29. The van der Waals surface area contributed by atoms with Crippen LogP contribution >= 0.6 is 0 Å². The van der Waals surface area contributed by atoms with E-state index in [2.05, 4.69) is 35.7 Å². The number of carbonyl (C=O) groups is 1. The van der Waals surface area contributed by atoms with E-state index in [1.165, 1.54) is 17.3 Å². The Labute approximate surface area is 168 Å². The normalized spacial score (nSPS) is 16.7. The summed E-state index contributed by atoms with van der Waals surface area (Å²) in [6.45, 7) is 2.90. The zero-order valence-corrected chi connectivity index (χ0v) is 16.6. The van der Waals surface area contributed by atoms with E-state index < -0.39 is 0 Å². The molecular weight excluding hydrogens is 374 g/mol. The zero-order valence-electron chi connectivity index (χ0n) is 16.6. The SMILES string of the molecule is CN1CCOC(CNc2cc(Nc3cnc(C#N)cn3)nnc2C(=O)N(C)C)C1. The molecule has 1 saturated heterocycles. The lowest BCUT2D eigenvalue weighted by atomic mass is 10.2. The van der Waals surface area contributed by atoms with E-state index in [-0.39, 0.29) is 23.4 Å². The fraction of sp³-hybridized carbons (Fsp3) is 0.444. The first-order chi connectivity index (χ1) is 14.0. The number of hydrogen-bond donors (Lipinski definition) is 2. The van der Waals surface area contributed by atoms with Gasteiger partial charge in [0.1, 0.15) is 11.9 Å². The lowest BCUT2D eigenvalue weighted by Crippen LogP contribution is -2.43. The van der Waals surface area contributed by atoms with Gasteiger partial charge in [-0.3, -0.25) is 4.79 Å². The van der Waals surface area contributed by atoms with Crippen LogP contribution in [0, 0.1) is 11.3 Å². The molecule has 29 heavy (non-hydrogen) atoms. The lowest BCUT2D eigenvalue weighted by molar-refractivity contribution is -0.0117. The second kappa shape index (κ2) is 9.22. The maximum atomic E-state index is 12.5. The monoisotopic (exact) mass is 397 g/mol. The van der Waals surface area contributed by atoms with E-state index in [4.69, 9.17) is 10.00 Å². The number of nitrogens with zero attached hydrogens (tertiary/aromatic N) is 7. The molecule has 152 valence electrons. The van der Waals surface area contributed by atoms with Gasteiger partial charge in [0.25, 0.3) is 5.91 Å². The molecule has 0 radical (unpaired) electrons. The van der Waals surface area contributed by atoms with E-state index in [1.807, 2.05) is 13.1 Å². The minimum Gasteiger partial charge on any atom is -0.380 e. The van der Waals surface area contributed by atoms with Gasteiger partial charge in [-0.1, -0.05) is 0 Å².